The summed E-state index contributed by atoms with van der Waals surface area (Å²) in [4.78, 5) is 16.5. The maximum absolute atomic E-state index is 12.2. The van der Waals surface area contributed by atoms with Crippen LogP contribution in [-0.2, 0) is 24.8 Å². The molecule has 20 heavy (non-hydrogen) atoms. The van der Waals surface area contributed by atoms with Crippen LogP contribution < -0.4 is 0 Å². The zero-order chi connectivity index (χ0) is 14.1. The van der Waals surface area contributed by atoms with E-state index in [4.69, 9.17) is 0 Å². The van der Waals surface area contributed by atoms with E-state index < -0.39 is 0 Å². The molecule has 0 aliphatic carbocycles. The summed E-state index contributed by atoms with van der Waals surface area (Å²) in [7, 11) is 1.86. The Balaban J connectivity index is 1.77. The van der Waals surface area contributed by atoms with Crippen LogP contribution in [0.1, 0.15) is 11.4 Å². The fourth-order valence-electron chi connectivity index (χ4n) is 2.41. The minimum absolute atomic E-state index is 0.149. The number of carbonyl (C=O) groups is 1. The molecule has 102 valence electrons. The van der Waals surface area contributed by atoms with Gasteiger partial charge in [-0.05, 0) is 25.1 Å². The molecule has 0 fully saturated rings. The number of nitrogens with zero attached hydrogens (tertiary/aromatic N) is 4. The summed E-state index contributed by atoms with van der Waals surface area (Å²) >= 11 is 0. The SMILES string of the molecule is Cc1cc(CC(=O)Cn2cnc3ccccc32)n(C)n1. The lowest BCUT2D eigenvalue weighted by Crippen LogP contribution is -2.14. The molecular formula is C15H16N4O. The second-order valence-electron chi connectivity index (χ2n) is 4.98. The van der Waals surface area contributed by atoms with E-state index in [0.29, 0.717) is 13.0 Å². The molecule has 2 heterocycles. The van der Waals surface area contributed by atoms with Crippen LogP contribution in [0.2, 0.25) is 0 Å². The van der Waals surface area contributed by atoms with Crippen LogP contribution in [-0.4, -0.2) is 25.1 Å². The van der Waals surface area contributed by atoms with E-state index in [2.05, 4.69) is 10.1 Å². The predicted molar refractivity (Wildman–Crippen MR) is 76.4 cm³/mol. The van der Waals surface area contributed by atoms with Crippen molar-refractivity contribution in [2.24, 2.45) is 7.05 Å². The van der Waals surface area contributed by atoms with Crippen LogP contribution >= 0.6 is 0 Å². The van der Waals surface area contributed by atoms with Gasteiger partial charge in [-0.3, -0.25) is 9.48 Å². The van der Waals surface area contributed by atoms with Gasteiger partial charge in [0.15, 0.2) is 5.78 Å². The number of Topliss-reactive ketones (excluding diaryl/α,β-unsaturated/α-hetero) is 1. The summed E-state index contributed by atoms with van der Waals surface area (Å²) in [6, 6.07) is 9.77. The van der Waals surface area contributed by atoms with Crippen LogP contribution in [0.4, 0.5) is 0 Å². The first-order valence-corrected chi connectivity index (χ1v) is 6.54. The fraction of sp³-hybridized carbons (Fsp3) is 0.267. The van der Waals surface area contributed by atoms with E-state index in [1.54, 1.807) is 11.0 Å². The second-order valence-corrected chi connectivity index (χ2v) is 4.98. The summed E-state index contributed by atoms with van der Waals surface area (Å²) in [6.45, 7) is 2.27. The Kier molecular flexibility index (Phi) is 3.10. The van der Waals surface area contributed by atoms with Gasteiger partial charge in [0.1, 0.15) is 0 Å². The van der Waals surface area contributed by atoms with Crippen molar-refractivity contribution in [1.82, 2.24) is 19.3 Å². The maximum Gasteiger partial charge on any atom is 0.158 e. The number of benzene rings is 1. The number of hydrogen-bond acceptors (Lipinski definition) is 3. The van der Waals surface area contributed by atoms with Crippen molar-refractivity contribution in [2.45, 2.75) is 19.9 Å². The average molecular weight is 268 g/mol. The summed E-state index contributed by atoms with van der Waals surface area (Å²) < 4.78 is 3.65. The van der Waals surface area contributed by atoms with Crippen molar-refractivity contribution in [3.05, 3.63) is 48.0 Å². The second kappa shape index (κ2) is 4.92. The lowest BCUT2D eigenvalue weighted by Gasteiger charge is -2.04. The maximum atomic E-state index is 12.2. The number of ketones is 1. The van der Waals surface area contributed by atoms with Crippen molar-refractivity contribution < 1.29 is 4.79 Å². The number of imidazole rings is 1. The van der Waals surface area contributed by atoms with E-state index in [0.717, 1.165) is 22.4 Å². The molecule has 3 rings (SSSR count). The van der Waals surface area contributed by atoms with Gasteiger partial charge in [-0.1, -0.05) is 12.1 Å². The van der Waals surface area contributed by atoms with Gasteiger partial charge in [0.2, 0.25) is 0 Å². The minimum Gasteiger partial charge on any atom is -0.323 e. The largest absolute Gasteiger partial charge is 0.323 e. The molecule has 0 aliphatic heterocycles. The van der Waals surface area contributed by atoms with Gasteiger partial charge in [-0.25, -0.2) is 4.98 Å². The Morgan fingerprint density at radius 2 is 2.10 bits per heavy atom. The number of fused-ring (bicyclic) bond motifs is 1. The molecule has 0 spiro atoms. The van der Waals surface area contributed by atoms with Gasteiger partial charge in [-0.2, -0.15) is 5.10 Å². The molecule has 0 bridgehead atoms. The zero-order valence-corrected chi connectivity index (χ0v) is 11.6. The fourth-order valence-corrected chi connectivity index (χ4v) is 2.41. The van der Waals surface area contributed by atoms with Gasteiger partial charge < -0.3 is 4.57 Å². The van der Waals surface area contributed by atoms with E-state index in [1.807, 2.05) is 48.9 Å². The van der Waals surface area contributed by atoms with E-state index >= 15 is 0 Å². The molecule has 0 saturated carbocycles. The van der Waals surface area contributed by atoms with Crippen molar-refractivity contribution in [3.63, 3.8) is 0 Å². The highest BCUT2D eigenvalue weighted by molar-refractivity contribution is 5.83. The highest BCUT2D eigenvalue weighted by Gasteiger charge is 2.11. The third-order valence-corrected chi connectivity index (χ3v) is 3.35. The number of hydrogen-bond donors (Lipinski definition) is 0. The van der Waals surface area contributed by atoms with Crippen LogP contribution in [0.5, 0.6) is 0 Å². The normalized spacial score (nSPS) is 11.1. The molecule has 0 atom stereocenters. The van der Waals surface area contributed by atoms with Crippen LogP contribution in [0.3, 0.4) is 0 Å². The number of rotatable bonds is 4. The highest BCUT2D eigenvalue weighted by atomic mass is 16.1. The first-order valence-electron chi connectivity index (χ1n) is 6.54. The molecule has 2 aromatic heterocycles. The summed E-state index contributed by atoms with van der Waals surface area (Å²) in [5.41, 5.74) is 3.78. The molecule has 0 amide bonds. The summed E-state index contributed by atoms with van der Waals surface area (Å²) in [5, 5.41) is 4.26. The van der Waals surface area contributed by atoms with Gasteiger partial charge >= 0.3 is 0 Å². The molecule has 0 saturated heterocycles. The Morgan fingerprint density at radius 1 is 1.30 bits per heavy atom. The number of carbonyl (C=O) groups excluding carboxylic acids is 1. The summed E-state index contributed by atoms with van der Waals surface area (Å²) in [5.74, 6) is 0.149. The molecule has 0 aliphatic rings. The quantitative estimate of drug-likeness (QED) is 0.726. The number of aryl methyl sites for hydroxylation is 2. The van der Waals surface area contributed by atoms with Crippen LogP contribution in [0.25, 0.3) is 11.0 Å². The molecule has 0 radical (unpaired) electrons. The van der Waals surface area contributed by atoms with Gasteiger partial charge in [0.05, 0.1) is 36.0 Å². The third kappa shape index (κ3) is 2.34. The molecule has 5 nitrogen and oxygen atoms in total. The first kappa shape index (κ1) is 12.6. The zero-order valence-electron chi connectivity index (χ0n) is 11.6. The predicted octanol–water partition coefficient (Wildman–Crippen LogP) is 1.89. The van der Waals surface area contributed by atoms with Gasteiger partial charge in [0.25, 0.3) is 0 Å². The summed E-state index contributed by atoms with van der Waals surface area (Å²) in [6.07, 6.45) is 2.11. The standard InChI is InChI=1S/C15H16N4O/c1-11-7-12(18(2)17-11)8-13(20)9-19-10-16-14-5-3-4-6-15(14)19/h3-7,10H,8-9H2,1-2H3. The molecule has 3 aromatic rings. The molecule has 0 N–H and O–H groups in total. The Bertz CT molecular complexity index is 769. The highest BCUT2D eigenvalue weighted by Crippen LogP contribution is 2.12. The van der Waals surface area contributed by atoms with E-state index in [1.165, 1.54) is 0 Å². The topological polar surface area (TPSA) is 52.7 Å². The van der Waals surface area contributed by atoms with Crippen molar-refractivity contribution >= 4 is 16.8 Å². The molecular weight excluding hydrogens is 252 g/mol. The van der Waals surface area contributed by atoms with Gasteiger partial charge in [0, 0.05) is 12.7 Å². The third-order valence-electron chi connectivity index (χ3n) is 3.35. The molecule has 1 aromatic carbocycles. The van der Waals surface area contributed by atoms with Crippen LogP contribution in [0.15, 0.2) is 36.7 Å². The Hall–Kier alpha value is -2.43. The lowest BCUT2D eigenvalue weighted by atomic mass is 10.2. The molecule has 0 unspecified atom stereocenters. The monoisotopic (exact) mass is 268 g/mol. The number of aromatic nitrogens is 4. The lowest BCUT2D eigenvalue weighted by molar-refractivity contribution is -0.119. The molecule has 5 heteroatoms. The van der Waals surface area contributed by atoms with E-state index in [-0.39, 0.29) is 5.78 Å². The van der Waals surface area contributed by atoms with Crippen LogP contribution in [0, 0.1) is 6.92 Å². The smallest absolute Gasteiger partial charge is 0.158 e. The Labute approximate surface area is 116 Å². The van der Waals surface area contributed by atoms with E-state index in [9.17, 15) is 4.79 Å². The minimum atomic E-state index is 0.149. The number of para-hydroxylation sites is 2. The van der Waals surface area contributed by atoms with Crippen molar-refractivity contribution in [1.29, 1.82) is 0 Å². The average Bonchev–Trinajstić information content (AvgIpc) is 2.94. The van der Waals surface area contributed by atoms with Crippen molar-refractivity contribution in [2.75, 3.05) is 0 Å². The first-order chi connectivity index (χ1) is 9.63. The Morgan fingerprint density at radius 3 is 2.85 bits per heavy atom. The van der Waals surface area contributed by atoms with Gasteiger partial charge in [-0.15, -0.1) is 0 Å². The van der Waals surface area contributed by atoms with Crippen molar-refractivity contribution in [3.8, 4) is 0 Å².